The molecule has 1 N–H and O–H groups in total. The average molecular weight is 426 g/mol. The van der Waals surface area contributed by atoms with Gasteiger partial charge in [-0.25, -0.2) is 0 Å². The number of hydrogen-bond donors (Lipinski definition) is 1. The van der Waals surface area contributed by atoms with Crippen molar-refractivity contribution in [3.05, 3.63) is 102 Å². The van der Waals surface area contributed by atoms with Gasteiger partial charge in [-0.1, -0.05) is 80.6 Å². The monoisotopic (exact) mass is 425 g/mol. The molecule has 1 aliphatic heterocycles. The Bertz CT molecular complexity index is 1070. The second-order valence-electron chi connectivity index (χ2n) is 9.03. The van der Waals surface area contributed by atoms with Crippen LogP contribution in [0.15, 0.2) is 84.9 Å². The molecule has 3 aromatic rings. The summed E-state index contributed by atoms with van der Waals surface area (Å²) >= 11 is 0. The van der Waals surface area contributed by atoms with Crippen LogP contribution in [0.5, 0.6) is 11.5 Å². The Hall–Kier alpha value is -3.20. The number of ether oxygens (including phenoxy) is 2. The Morgan fingerprint density at radius 3 is 2.44 bits per heavy atom. The minimum absolute atomic E-state index is 0.272. The first kappa shape index (κ1) is 20.7. The standard InChI is InChI=1S/C29H31NO2/c1-20(2)21-14-16-22(17-15-21)28-25-11-6-10-24(25)26-12-7-13-27(29(26)30-28)32-19-18-31-23-8-4-3-5-9-23/h3-10,12-17,20,24-25,28,30H,11,18-19H2,1-2H3. The van der Waals surface area contributed by atoms with Crippen LogP contribution in [0.2, 0.25) is 0 Å². The molecule has 5 rings (SSSR count). The molecule has 32 heavy (non-hydrogen) atoms. The Balaban J connectivity index is 1.35. The molecule has 3 nitrogen and oxygen atoms in total. The quantitative estimate of drug-likeness (QED) is 0.324. The van der Waals surface area contributed by atoms with Crippen LogP contribution >= 0.6 is 0 Å². The fraction of sp³-hybridized carbons (Fsp3) is 0.310. The van der Waals surface area contributed by atoms with Gasteiger partial charge < -0.3 is 14.8 Å². The molecule has 164 valence electrons. The number of benzene rings is 3. The molecule has 0 amide bonds. The van der Waals surface area contributed by atoms with E-state index in [4.69, 9.17) is 9.47 Å². The van der Waals surface area contributed by atoms with Crippen molar-refractivity contribution >= 4 is 5.69 Å². The van der Waals surface area contributed by atoms with Crippen molar-refractivity contribution in [2.24, 2.45) is 5.92 Å². The first-order valence-electron chi connectivity index (χ1n) is 11.7. The van der Waals surface area contributed by atoms with E-state index in [1.54, 1.807) is 0 Å². The first-order chi connectivity index (χ1) is 15.7. The molecule has 0 fully saturated rings. The second kappa shape index (κ2) is 9.12. The summed E-state index contributed by atoms with van der Waals surface area (Å²) in [6.07, 6.45) is 5.81. The van der Waals surface area contributed by atoms with Crippen molar-refractivity contribution in [3.8, 4) is 11.5 Å². The molecule has 0 saturated heterocycles. The smallest absolute Gasteiger partial charge is 0.142 e. The highest BCUT2D eigenvalue weighted by Gasteiger charge is 2.38. The maximum atomic E-state index is 6.20. The van der Waals surface area contributed by atoms with E-state index in [0.717, 1.165) is 23.6 Å². The van der Waals surface area contributed by atoms with Crippen LogP contribution in [0.1, 0.15) is 54.8 Å². The van der Waals surface area contributed by atoms with Crippen molar-refractivity contribution in [3.63, 3.8) is 0 Å². The van der Waals surface area contributed by atoms with Crippen LogP contribution in [0, 0.1) is 5.92 Å². The molecule has 3 atom stereocenters. The highest BCUT2D eigenvalue weighted by atomic mass is 16.5. The summed E-state index contributed by atoms with van der Waals surface area (Å²) in [6.45, 7) is 5.50. The number of fused-ring (bicyclic) bond motifs is 3. The van der Waals surface area contributed by atoms with E-state index >= 15 is 0 Å². The second-order valence-corrected chi connectivity index (χ2v) is 9.03. The molecule has 0 saturated carbocycles. The maximum Gasteiger partial charge on any atom is 0.142 e. The lowest BCUT2D eigenvalue weighted by Crippen LogP contribution is -2.29. The van der Waals surface area contributed by atoms with Gasteiger partial charge in [0.25, 0.3) is 0 Å². The molecule has 1 aliphatic carbocycles. The summed E-state index contributed by atoms with van der Waals surface area (Å²) < 4.78 is 12.0. The van der Waals surface area contributed by atoms with Crippen molar-refractivity contribution < 1.29 is 9.47 Å². The molecule has 3 heteroatoms. The van der Waals surface area contributed by atoms with Gasteiger partial charge in [0.2, 0.25) is 0 Å². The first-order valence-corrected chi connectivity index (χ1v) is 11.7. The van der Waals surface area contributed by atoms with Gasteiger partial charge >= 0.3 is 0 Å². The van der Waals surface area contributed by atoms with Crippen LogP contribution in [-0.2, 0) is 0 Å². The van der Waals surface area contributed by atoms with Crippen molar-refractivity contribution in [2.45, 2.75) is 38.1 Å². The largest absolute Gasteiger partial charge is 0.490 e. The van der Waals surface area contributed by atoms with Gasteiger partial charge in [-0.15, -0.1) is 0 Å². The zero-order valence-corrected chi connectivity index (χ0v) is 18.8. The number of para-hydroxylation sites is 2. The van der Waals surface area contributed by atoms with Gasteiger partial charge in [0, 0.05) is 5.92 Å². The lowest BCUT2D eigenvalue weighted by Gasteiger charge is -2.38. The molecule has 3 aromatic carbocycles. The summed E-state index contributed by atoms with van der Waals surface area (Å²) in [7, 11) is 0. The Kier molecular flexibility index (Phi) is 5.89. The predicted octanol–water partition coefficient (Wildman–Crippen LogP) is 7.09. The van der Waals surface area contributed by atoms with Crippen LogP contribution in [-0.4, -0.2) is 13.2 Å². The molecule has 1 heterocycles. The van der Waals surface area contributed by atoms with Crippen molar-refractivity contribution in [1.29, 1.82) is 0 Å². The van der Waals surface area contributed by atoms with E-state index in [9.17, 15) is 0 Å². The zero-order valence-electron chi connectivity index (χ0n) is 18.8. The Morgan fingerprint density at radius 1 is 0.875 bits per heavy atom. The van der Waals surface area contributed by atoms with Crippen molar-refractivity contribution in [2.75, 3.05) is 18.5 Å². The summed E-state index contributed by atoms with van der Waals surface area (Å²) in [5.41, 5.74) is 5.19. The minimum Gasteiger partial charge on any atom is -0.490 e. The predicted molar refractivity (Wildman–Crippen MR) is 131 cm³/mol. The van der Waals surface area contributed by atoms with Gasteiger partial charge in [0.1, 0.15) is 24.7 Å². The fourth-order valence-electron chi connectivity index (χ4n) is 4.96. The van der Waals surface area contributed by atoms with Gasteiger partial charge in [-0.3, -0.25) is 0 Å². The molecule has 0 radical (unpaired) electrons. The SMILES string of the molecule is CC(C)c1ccc(C2Nc3c(OCCOc4ccccc4)cccc3C3C=CCC32)cc1. The minimum atomic E-state index is 0.272. The van der Waals surface area contributed by atoms with E-state index in [2.05, 4.69) is 73.8 Å². The lowest BCUT2D eigenvalue weighted by atomic mass is 9.76. The van der Waals surface area contributed by atoms with Crippen molar-refractivity contribution in [1.82, 2.24) is 0 Å². The topological polar surface area (TPSA) is 30.5 Å². The maximum absolute atomic E-state index is 6.20. The van der Waals surface area contributed by atoms with Gasteiger partial charge in [0.15, 0.2) is 0 Å². The summed E-state index contributed by atoms with van der Waals surface area (Å²) in [6, 6.07) is 25.7. The van der Waals surface area contributed by atoms with E-state index in [1.807, 2.05) is 30.3 Å². The Labute approximate surface area is 191 Å². The summed E-state index contributed by atoms with van der Waals surface area (Å²) in [5, 5.41) is 3.85. The van der Waals surface area contributed by atoms with Crippen LogP contribution < -0.4 is 14.8 Å². The lowest BCUT2D eigenvalue weighted by molar-refractivity contribution is 0.217. The highest BCUT2D eigenvalue weighted by Crippen LogP contribution is 2.52. The van der Waals surface area contributed by atoms with Gasteiger partial charge in [-0.05, 0) is 53.1 Å². The van der Waals surface area contributed by atoms with Crippen LogP contribution in [0.4, 0.5) is 5.69 Å². The van der Waals surface area contributed by atoms with E-state index in [-0.39, 0.29) is 6.04 Å². The number of anilines is 1. The molecular formula is C29H31NO2. The molecule has 0 aromatic heterocycles. The number of allylic oxidation sites excluding steroid dienone is 2. The van der Waals surface area contributed by atoms with E-state index in [0.29, 0.717) is 31.0 Å². The van der Waals surface area contributed by atoms with Crippen LogP contribution in [0.25, 0.3) is 0 Å². The summed E-state index contributed by atoms with van der Waals surface area (Å²) in [4.78, 5) is 0. The molecule has 2 aliphatic rings. The van der Waals surface area contributed by atoms with Gasteiger partial charge in [-0.2, -0.15) is 0 Å². The fourth-order valence-corrected chi connectivity index (χ4v) is 4.96. The third kappa shape index (κ3) is 4.12. The zero-order chi connectivity index (χ0) is 21.9. The third-order valence-electron chi connectivity index (χ3n) is 6.67. The Morgan fingerprint density at radius 2 is 1.66 bits per heavy atom. The van der Waals surface area contributed by atoms with E-state index in [1.165, 1.54) is 16.7 Å². The molecule has 0 spiro atoms. The number of nitrogens with one attached hydrogen (secondary N) is 1. The average Bonchev–Trinajstić information content (AvgIpc) is 3.32. The molecule has 0 bridgehead atoms. The van der Waals surface area contributed by atoms with Crippen LogP contribution in [0.3, 0.4) is 0 Å². The molecular weight excluding hydrogens is 394 g/mol. The highest BCUT2D eigenvalue weighted by molar-refractivity contribution is 5.67. The summed E-state index contributed by atoms with van der Waals surface area (Å²) in [5.74, 6) is 3.27. The third-order valence-corrected chi connectivity index (χ3v) is 6.67. The normalized spacial score (nSPS) is 21.0. The van der Waals surface area contributed by atoms with Gasteiger partial charge in [0.05, 0.1) is 11.7 Å². The number of rotatable bonds is 7. The molecule has 3 unspecified atom stereocenters. The number of hydrogen-bond acceptors (Lipinski definition) is 3. The van der Waals surface area contributed by atoms with E-state index < -0.39 is 0 Å².